The van der Waals surface area contributed by atoms with Crippen LogP contribution in [0.5, 0.6) is 0 Å². The minimum atomic E-state index is 0.399. The van der Waals surface area contributed by atoms with Gasteiger partial charge in [-0.25, -0.2) is 0 Å². The Labute approximate surface area is 162 Å². The van der Waals surface area contributed by atoms with Gasteiger partial charge in [0.2, 0.25) is 0 Å². The smallest absolute Gasteiger partial charge is 0.0529 e. The number of thioether (sulfide) groups is 1. The summed E-state index contributed by atoms with van der Waals surface area (Å²) >= 11 is 1.85. The molecule has 4 unspecified atom stereocenters. The molecule has 0 spiro atoms. The van der Waals surface area contributed by atoms with Crippen LogP contribution >= 0.6 is 11.8 Å². The maximum Gasteiger partial charge on any atom is 0.0529 e. The molecule has 1 N–H and O–H groups in total. The minimum absolute atomic E-state index is 0.399. The van der Waals surface area contributed by atoms with E-state index in [0.717, 1.165) is 5.92 Å². The average Bonchev–Trinajstić information content (AvgIpc) is 2.73. The minimum Gasteiger partial charge on any atom is -0.369 e. The van der Waals surface area contributed by atoms with E-state index in [4.69, 9.17) is 0 Å². The van der Waals surface area contributed by atoms with Crippen molar-refractivity contribution in [3.63, 3.8) is 0 Å². The fourth-order valence-corrected chi connectivity index (χ4v) is 5.59. The molecule has 1 saturated carbocycles. The second-order valence-corrected chi connectivity index (χ2v) is 8.64. The molecule has 2 fully saturated rings. The van der Waals surface area contributed by atoms with E-state index >= 15 is 0 Å². The standard InChI is InChI=1S/C23H30N2S/c1-25(20-14-8-9-15-22(20)26-2)21-16-18-12-6-7-13-19(18)24-23(21)17-10-4-3-5-11-17/h3-5,8-11,14-15,18-19,21,23-24H,6-7,12-13,16H2,1-2H3. The molecular formula is C23H30N2S. The first-order chi connectivity index (χ1) is 12.8. The number of hydrogen-bond acceptors (Lipinski definition) is 3. The lowest BCUT2D eigenvalue weighted by atomic mass is 9.74. The second-order valence-electron chi connectivity index (χ2n) is 7.79. The lowest BCUT2D eigenvalue weighted by Crippen LogP contribution is -2.55. The summed E-state index contributed by atoms with van der Waals surface area (Å²) in [5.41, 5.74) is 2.79. The Kier molecular flexibility index (Phi) is 5.56. The number of nitrogens with zero attached hydrogens (tertiary/aromatic N) is 1. The van der Waals surface area contributed by atoms with E-state index in [2.05, 4.69) is 78.1 Å². The molecule has 1 aliphatic heterocycles. The Hall–Kier alpha value is -1.45. The number of hydrogen-bond donors (Lipinski definition) is 1. The average molecular weight is 367 g/mol. The maximum atomic E-state index is 4.06. The maximum absolute atomic E-state index is 4.06. The highest BCUT2D eigenvalue weighted by Crippen LogP contribution is 2.41. The van der Waals surface area contributed by atoms with E-state index in [1.807, 2.05) is 11.8 Å². The Morgan fingerprint density at radius 2 is 1.69 bits per heavy atom. The Morgan fingerprint density at radius 3 is 2.50 bits per heavy atom. The fourth-order valence-electron chi connectivity index (χ4n) is 4.96. The van der Waals surface area contributed by atoms with Crippen molar-refractivity contribution in [2.45, 2.75) is 55.1 Å². The van der Waals surface area contributed by atoms with Crippen molar-refractivity contribution < 1.29 is 0 Å². The topological polar surface area (TPSA) is 15.3 Å². The molecule has 0 bridgehead atoms. The van der Waals surface area contributed by atoms with Crippen LogP contribution in [0.3, 0.4) is 0 Å². The van der Waals surface area contributed by atoms with E-state index in [9.17, 15) is 0 Å². The fraction of sp³-hybridized carbons (Fsp3) is 0.478. The molecule has 2 nitrogen and oxygen atoms in total. The summed E-state index contributed by atoms with van der Waals surface area (Å²) < 4.78 is 0. The van der Waals surface area contributed by atoms with Crippen LogP contribution in [0.25, 0.3) is 0 Å². The van der Waals surface area contributed by atoms with Gasteiger partial charge in [0.1, 0.15) is 0 Å². The number of likely N-dealkylation sites (N-methyl/N-ethyl adjacent to an activating group) is 1. The second kappa shape index (κ2) is 8.06. The zero-order chi connectivity index (χ0) is 17.9. The summed E-state index contributed by atoms with van der Waals surface area (Å²) in [7, 11) is 2.29. The third-order valence-electron chi connectivity index (χ3n) is 6.35. The molecular weight excluding hydrogens is 336 g/mol. The van der Waals surface area contributed by atoms with Gasteiger partial charge in [0.25, 0.3) is 0 Å². The van der Waals surface area contributed by atoms with E-state index in [1.54, 1.807) is 0 Å². The van der Waals surface area contributed by atoms with Crippen LogP contribution in [0.15, 0.2) is 59.5 Å². The molecule has 1 heterocycles. The third-order valence-corrected chi connectivity index (χ3v) is 7.14. The van der Waals surface area contributed by atoms with Crippen LogP contribution in [0.1, 0.15) is 43.7 Å². The molecule has 0 amide bonds. The van der Waals surface area contributed by atoms with E-state index in [1.165, 1.54) is 48.3 Å². The van der Waals surface area contributed by atoms with Gasteiger partial charge < -0.3 is 10.2 Å². The summed E-state index contributed by atoms with van der Waals surface area (Å²) in [5.74, 6) is 0.817. The summed E-state index contributed by atoms with van der Waals surface area (Å²) in [5, 5.41) is 4.06. The quantitative estimate of drug-likeness (QED) is 0.719. The van der Waals surface area contributed by atoms with Crippen LogP contribution in [-0.4, -0.2) is 25.4 Å². The first-order valence-electron chi connectivity index (χ1n) is 9.95. The molecule has 2 aliphatic rings. The molecule has 3 heteroatoms. The molecule has 1 aliphatic carbocycles. The van der Waals surface area contributed by atoms with Crippen molar-refractivity contribution in [1.29, 1.82) is 0 Å². The van der Waals surface area contributed by atoms with E-state index < -0.39 is 0 Å². The SMILES string of the molecule is CSc1ccccc1N(C)C1CC2CCCCC2NC1c1ccccc1. The van der Waals surface area contributed by atoms with E-state index in [-0.39, 0.29) is 0 Å². The van der Waals surface area contributed by atoms with Crippen LogP contribution in [0, 0.1) is 5.92 Å². The Balaban J connectivity index is 1.67. The van der Waals surface area contributed by atoms with Crippen LogP contribution in [0.2, 0.25) is 0 Å². The van der Waals surface area contributed by atoms with Crippen molar-refractivity contribution in [3.8, 4) is 0 Å². The summed E-state index contributed by atoms with van der Waals surface area (Å²) in [6.45, 7) is 0. The summed E-state index contributed by atoms with van der Waals surface area (Å²) in [6, 6.07) is 21.5. The van der Waals surface area contributed by atoms with Crippen molar-refractivity contribution in [2.75, 3.05) is 18.2 Å². The largest absolute Gasteiger partial charge is 0.369 e. The van der Waals surface area contributed by atoms with Gasteiger partial charge in [0, 0.05) is 24.0 Å². The summed E-state index contributed by atoms with van der Waals surface area (Å²) in [4.78, 5) is 3.91. The number of piperidine rings is 1. The van der Waals surface area contributed by atoms with Gasteiger partial charge in [-0.15, -0.1) is 11.8 Å². The number of benzene rings is 2. The number of para-hydroxylation sites is 1. The number of anilines is 1. The highest BCUT2D eigenvalue weighted by Gasteiger charge is 2.40. The van der Waals surface area contributed by atoms with Gasteiger partial charge in [-0.2, -0.15) is 0 Å². The third kappa shape index (κ3) is 3.52. The lowest BCUT2D eigenvalue weighted by Gasteiger charge is -2.48. The Morgan fingerprint density at radius 1 is 0.962 bits per heavy atom. The Bertz CT molecular complexity index is 717. The van der Waals surface area contributed by atoms with Crippen LogP contribution in [0.4, 0.5) is 5.69 Å². The number of fused-ring (bicyclic) bond motifs is 1. The number of nitrogens with one attached hydrogen (secondary N) is 1. The zero-order valence-electron chi connectivity index (χ0n) is 15.9. The van der Waals surface area contributed by atoms with Gasteiger partial charge in [0.15, 0.2) is 0 Å². The number of rotatable bonds is 4. The molecule has 4 rings (SSSR count). The first kappa shape index (κ1) is 17.9. The zero-order valence-corrected chi connectivity index (χ0v) is 16.7. The molecule has 1 saturated heterocycles. The predicted molar refractivity (Wildman–Crippen MR) is 113 cm³/mol. The molecule has 138 valence electrons. The molecule has 2 aromatic carbocycles. The first-order valence-corrected chi connectivity index (χ1v) is 11.2. The van der Waals surface area contributed by atoms with Gasteiger partial charge in [-0.1, -0.05) is 55.3 Å². The molecule has 0 radical (unpaired) electrons. The van der Waals surface area contributed by atoms with Crippen LogP contribution in [-0.2, 0) is 0 Å². The normalized spacial score (nSPS) is 28.4. The molecule has 0 aromatic heterocycles. The highest BCUT2D eigenvalue weighted by molar-refractivity contribution is 7.98. The lowest BCUT2D eigenvalue weighted by molar-refractivity contribution is 0.155. The molecule has 4 atom stereocenters. The van der Waals surface area contributed by atoms with Gasteiger partial charge in [-0.05, 0) is 49.1 Å². The predicted octanol–water partition coefficient (Wildman–Crippen LogP) is 5.51. The van der Waals surface area contributed by atoms with Gasteiger partial charge >= 0.3 is 0 Å². The van der Waals surface area contributed by atoms with Crippen molar-refractivity contribution in [3.05, 3.63) is 60.2 Å². The van der Waals surface area contributed by atoms with Crippen molar-refractivity contribution in [1.82, 2.24) is 5.32 Å². The van der Waals surface area contributed by atoms with Crippen LogP contribution < -0.4 is 10.2 Å². The van der Waals surface area contributed by atoms with Gasteiger partial charge in [-0.3, -0.25) is 0 Å². The van der Waals surface area contributed by atoms with E-state index in [0.29, 0.717) is 18.1 Å². The van der Waals surface area contributed by atoms with Crippen molar-refractivity contribution in [2.24, 2.45) is 5.92 Å². The van der Waals surface area contributed by atoms with Crippen molar-refractivity contribution >= 4 is 17.4 Å². The highest BCUT2D eigenvalue weighted by atomic mass is 32.2. The molecule has 2 aromatic rings. The van der Waals surface area contributed by atoms with Gasteiger partial charge in [0.05, 0.1) is 11.7 Å². The molecule has 26 heavy (non-hydrogen) atoms. The summed E-state index contributed by atoms with van der Waals surface area (Å²) in [6.07, 6.45) is 8.97. The monoisotopic (exact) mass is 366 g/mol.